The Morgan fingerprint density at radius 1 is 1.68 bits per heavy atom. The normalized spacial score (nSPS) is 11.9. The number of aryl methyl sites for hydroxylation is 1. The van der Waals surface area contributed by atoms with Gasteiger partial charge in [0.2, 0.25) is 0 Å². The van der Waals surface area contributed by atoms with Crippen LogP contribution in [0, 0.1) is 0 Å². The molecule has 5 nitrogen and oxygen atoms in total. The number of aliphatic carboxylic acids is 1. The van der Waals surface area contributed by atoms with Crippen molar-refractivity contribution in [2.75, 3.05) is 0 Å². The first-order chi connectivity index (χ1) is 8.58. The van der Waals surface area contributed by atoms with Gasteiger partial charge in [0, 0.05) is 30.0 Å². The molecule has 0 aliphatic carbocycles. The summed E-state index contributed by atoms with van der Waals surface area (Å²) < 4.78 is 1.51. The Morgan fingerprint density at radius 3 is 2.89 bits per heavy atom. The van der Waals surface area contributed by atoms with E-state index in [9.17, 15) is 9.90 Å². The average molecular weight is 308 g/mol. The molecule has 19 heavy (non-hydrogen) atoms. The maximum Gasteiger partial charge on any atom is 1.00 e. The van der Waals surface area contributed by atoms with Crippen LogP contribution in [0.15, 0.2) is 23.7 Å². The van der Waals surface area contributed by atoms with Crippen molar-refractivity contribution in [3.8, 4) is 0 Å². The van der Waals surface area contributed by atoms with E-state index in [4.69, 9.17) is 11.6 Å². The Bertz CT molecular complexity index is 558. The minimum atomic E-state index is -1.18. The first kappa shape index (κ1) is 16.7. The number of aromatic nitrogens is 2. The molecule has 0 radical (unpaired) electrons. The SMILES string of the molecule is Cn1nccc1C(NCc1cc(Cl)cs1)C(=O)[O-].[Na+]. The summed E-state index contributed by atoms with van der Waals surface area (Å²) in [5.41, 5.74) is 0.553. The number of carboxylic acid groups (broad SMARTS) is 1. The van der Waals surface area contributed by atoms with Gasteiger partial charge in [-0.25, -0.2) is 0 Å². The number of rotatable bonds is 5. The van der Waals surface area contributed by atoms with Crippen molar-refractivity contribution >= 4 is 28.9 Å². The number of halogens is 1. The maximum atomic E-state index is 11.1. The first-order valence-corrected chi connectivity index (χ1v) is 6.48. The van der Waals surface area contributed by atoms with Crippen LogP contribution < -0.4 is 40.0 Å². The predicted molar refractivity (Wildman–Crippen MR) is 67.1 cm³/mol. The van der Waals surface area contributed by atoms with Crippen LogP contribution in [0.2, 0.25) is 5.02 Å². The summed E-state index contributed by atoms with van der Waals surface area (Å²) >= 11 is 7.28. The minimum Gasteiger partial charge on any atom is -0.548 e. The van der Waals surface area contributed by atoms with Gasteiger partial charge in [-0.15, -0.1) is 11.3 Å². The van der Waals surface area contributed by atoms with Gasteiger partial charge in [-0.1, -0.05) is 11.6 Å². The van der Waals surface area contributed by atoms with Gasteiger partial charge < -0.3 is 9.90 Å². The van der Waals surface area contributed by atoms with Crippen molar-refractivity contribution in [1.82, 2.24) is 15.1 Å². The second-order valence-electron chi connectivity index (χ2n) is 3.74. The Hall–Kier alpha value is -0.370. The third kappa shape index (κ3) is 4.30. The van der Waals surface area contributed by atoms with E-state index in [1.807, 2.05) is 0 Å². The molecule has 0 spiro atoms. The molecule has 0 amide bonds. The van der Waals surface area contributed by atoms with Crippen molar-refractivity contribution in [3.63, 3.8) is 0 Å². The van der Waals surface area contributed by atoms with E-state index in [0.717, 1.165) is 4.88 Å². The first-order valence-electron chi connectivity index (χ1n) is 5.23. The summed E-state index contributed by atoms with van der Waals surface area (Å²) in [5, 5.41) is 20.5. The Morgan fingerprint density at radius 2 is 2.42 bits per heavy atom. The number of nitrogens with one attached hydrogen (secondary N) is 1. The molecule has 1 unspecified atom stereocenters. The molecule has 1 N–H and O–H groups in total. The number of thiophene rings is 1. The summed E-state index contributed by atoms with van der Waals surface area (Å²) in [5.74, 6) is -1.18. The molecular formula is C11H11ClN3NaO2S. The molecule has 0 saturated heterocycles. The molecule has 2 aromatic rings. The van der Waals surface area contributed by atoms with Crippen molar-refractivity contribution < 1.29 is 39.5 Å². The molecule has 0 bridgehead atoms. The molecule has 0 fully saturated rings. The monoisotopic (exact) mass is 307 g/mol. The van der Waals surface area contributed by atoms with Crippen LogP contribution in [-0.2, 0) is 18.4 Å². The second kappa shape index (κ2) is 7.42. The van der Waals surface area contributed by atoms with Crippen LogP contribution >= 0.6 is 22.9 Å². The molecule has 0 aromatic carbocycles. The average Bonchev–Trinajstić information content (AvgIpc) is 2.89. The zero-order valence-corrected chi connectivity index (χ0v) is 14.2. The van der Waals surface area contributed by atoms with Gasteiger partial charge in [0.25, 0.3) is 0 Å². The van der Waals surface area contributed by atoms with Crippen LogP contribution in [0.3, 0.4) is 0 Å². The Labute approximate surface area is 141 Å². The van der Waals surface area contributed by atoms with Crippen molar-refractivity contribution in [2.24, 2.45) is 7.05 Å². The summed E-state index contributed by atoms with van der Waals surface area (Å²) in [7, 11) is 1.69. The van der Waals surface area contributed by atoms with Crippen molar-refractivity contribution in [2.45, 2.75) is 12.6 Å². The molecule has 1 atom stereocenters. The van der Waals surface area contributed by atoms with Gasteiger partial charge in [0.05, 0.1) is 22.7 Å². The Balaban J connectivity index is 0.00000180. The number of hydrogen-bond acceptors (Lipinski definition) is 5. The van der Waals surface area contributed by atoms with Gasteiger partial charge in [0.15, 0.2) is 0 Å². The van der Waals surface area contributed by atoms with Crippen LogP contribution in [0.4, 0.5) is 0 Å². The van der Waals surface area contributed by atoms with E-state index < -0.39 is 12.0 Å². The standard InChI is InChI=1S/C11H12ClN3O2S.Na/c1-15-9(2-3-14-15)10(11(16)17)13-5-8-4-7(12)6-18-8;/h2-4,6,10,13H,5H2,1H3,(H,16,17);/q;+1/p-1. The number of carboxylic acids is 1. The molecule has 2 aromatic heterocycles. The molecular weight excluding hydrogens is 297 g/mol. The molecule has 2 rings (SSSR count). The fourth-order valence-corrected chi connectivity index (χ4v) is 2.65. The van der Waals surface area contributed by atoms with Gasteiger partial charge in [-0.3, -0.25) is 10.00 Å². The number of carbonyl (C=O) groups is 1. The predicted octanol–water partition coefficient (Wildman–Crippen LogP) is -2.28. The van der Waals surface area contributed by atoms with E-state index in [2.05, 4.69) is 10.4 Å². The summed E-state index contributed by atoms with van der Waals surface area (Å²) in [6, 6.07) is 2.56. The van der Waals surface area contributed by atoms with Crippen LogP contribution in [0.5, 0.6) is 0 Å². The van der Waals surface area contributed by atoms with Crippen LogP contribution in [-0.4, -0.2) is 15.7 Å². The smallest absolute Gasteiger partial charge is 0.548 e. The van der Waals surface area contributed by atoms with E-state index in [1.165, 1.54) is 16.0 Å². The van der Waals surface area contributed by atoms with E-state index >= 15 is 0 Å². The molecule has 96 valence electrons. The number of nitrogens with zero attached hydrogens (tertiary/aromatic N) is 2. The van der Waals surface area contributed by atoms with Gasteiger partial charge >= 0.3 is 29.6 Å². The fourth-order valence-electron chi connectivity index (χ4n) is 1.63. The third-order valence-corrected chi connectivity index (χ3v) is 3.78. The van der Waals surface area contributed by atoms with E-state index in [-0.39, 0.29) is 29.6 Å². The molecule has 0 aliphatic heterocycles. The van der Waals surface area contributed by atoms with Crippen LogP contribution in [0.25, 0.3) is 0 Å². The maximum absolute atomic E-state index is 11.1. The molecule has 2 heterocycles. The number of carbonyl (C=O) groups excluding carboxylic acids is 1. The topological polar surface area (TPSA) is 70.0 Å². The zero-order chi connectivity index (χ0) is 13.1. The van der Waals surface area contributed by atoms with E-state index in [1.54, 1.807) is 30.8 Å². The third-order valence-electron chi connectivity index (χ3n) is 2.49. The molecule has 8 heteroatoms. The largest absolute Gasteiger partial charge is 1.00 e. The van der Waals surface area contributed by atoms with Crippen molar-refractivity contribution in [1.29, 1.82) is 0 Å². The van der Waals surface area contributed by atoms with E-state index in [0.29, 0.717) is 17.3 Å². The van der Waals surface area contributed by atoms with Gasteiger partial charge in [-0.2, -0.15) is 5.10 Å². The quantitative estimate of drug-likeness (QED) is 0.632. The summed E-state index contributed by atoms with van der Waals surface area (Å²) in [6.07, 6.45) is 1.55. The van der Waals surface area contributed by atoms with Gasteiger partial charge in [0.1, 0.15) is 0 Å². The summed E-state index contributed by atoms with van der Waals surface area (Å²) in [4.78, 5) is 12.1. The van der Waals surface area contributed by atoms with Gasteiger partial charge in [-0.05, 0) is 12.1 Å². The van der Waals surface area contributed by atoms with Crippen molar-refractivity contribution in [3.05, 3.63) is 39.3 Å². The van der Waals surface area contributed by atoms with Crippen LogP contribution in [0.1, 0.15) is 16.6 Å². The minimum absolute atomic E-state index is 0. The molecule has 0 aliphatic rings. The second-order valence-corrected chi connectivity index (χ2v) is 5.18. The summed E-state index contributed by atoms with van der Waals surface area (Å²) in [6.45, 7) is 0.418. The zero-order valence-electron chi connectivity index (χ0n) is 10.6. The molecule has 0 saturated carbocycles. The number of hydrogen-bond donors (Lipinski definition) is 1. The Kier molecular flexibility index (Phi) is 6.52. The fraction of sp³-hybridized carbons (Fsp3) is 0.273.